The summed E-state index contributed by atoms with van der Waals surface area (Å²) < 4.78 is 44.0. The molecule has 8 heteroatoms. The first kappa shape index (κ1) is 19.9. The van der Waals surface area contributed by atoms with E-state index in [9.17, 15) is 17.6 Å². The molecule has 0 aliphatic heterocycles. The summed E-state index contributed by atoms with van der Waals surface area (Å²) in [5.74, 6) is -0.419. The van der Waals surface area contributed by atoms with Gasteiger partial charge < -0.3 is 10.1 Å². The van der Waals surface area contributed by atoms with Crippen LogP contribution in [0.5, 0.6) is 5.75 Å². The zero-order valence-electron chi connectivity index (χ0n) is 14.6. The topological polar surface area (TPSA) is 75.7 Å². The third-order valence-corrected chi connectivity index (χ3v) is 5.02. The third kappa shape index (κ3) is 5.27. The molecule has 0 heterocycles. The van der Waals surface area contributed by atoms with E-state index in [2.05, 4.69) is 5.32 Å². The summed E-state index contributed by atoms with van der Waals surface area (Å²) in [5.41, 5.74) is 0.629. The lowest BCUT2D eigenvalue weighted by Crippen LogP contribution is -2.38. The molecule has 0 saturated carbocycles. The molecule has 0 atom stereocenters. The van der Waals surface area contributed by atoms with Crippen molar-refractivity contribution in [1.82, 2.24) is 9.62 Å². The van der Waals surface area contributed by atoms with Crippen LogP contribution >= 0.6 is 0 Å². The van der Waals surface area contributed by atoms with E-state index in [1.165, 1.54) is 25.3 Å². The molecule has 0 fully saturated rings. The fourth-order valence-corrected chi connectivity index (χ4v) is 3.20. The van der Waals surface area contributed by atoms with Crippen molar-refractivity contribution in [2.45, 2.75) is 6.54 Å². The standard InChI is InChI=1S/C18H21FN2O4S/c1-25-17-10-6-4-8-15(17)18(22)20-11-12-21(26(2,23)24)13-14-7-3-5-9-16(14)19/h3-10H,11-13H2,1-2H3,(H,20,22). The predicted octanol–water partition coefficient (Wildman–Crippen LogP) is 2.03. The van der Waals surface area contributed by atoms with Gasteiger partial charge in [0, 0.05) is 25.2 Å². The average Bonchev–Trinajstić information content (AvgIpc) is 2.61. The zero-order chi connectivity index (χ0) is 19.2. The number of ether oxygens (including phenoxy) is 1. The molecule has 2 aromatic rings. The van der Waals surface area contributed by atoms with Crippen molar-refractivity contribution >= 4 is 15.9 Å². The van der Waals surface area contributed by atoms with Crippen molar-refractivity contribution < 1.29 is 22.3 Å². The highest BCUT2D eigenvalue weighted by Gasteiger charge is 2.19. The minimum atomic E-state index is -3.56. The molecule has 0 spiro atoms. The smallest absolute Gasteiger partial charge is 0.255 e. The van der Waals surface area contributed by atoms with Crippen LogP contribution in [0.15, 0.2) is 48.5 Å². The van der Waals surface area contributed by atoms with E-state index in [1.807, 2.05) is 0 Å². The van der Waals surface area contributed by atoms with Gasteiger partial charge in [0.15, 0.2) is 0 Å². The quantitative estimate of drug-likeness (QED) is 0.760. The molecule has 26 heavy (non-hydrogen) atoms. The Labute approximate surface area is 152 Å². The maximum absolute atomic E-state index is 13.8. The Bertz CT molecular complexity index is 871. The van der Waals surface area contributed by atoms with Crippen molar-refractivity contribution in [3.05, 3.63) is 65.5 Å². The van der Waals surface area contributed by atoms with E-state index < -0.39 is 15.8 Å². The molecule has 0 aliphatic rings. The molecule has 0 aliphatic carbocycles. The number of carbonyl (C=O) groups is 1. The lowest BCUT2D eigenvalue weighted by atomic mass is 10.2. The van der Waals surface area contributed by atoms with Crippen LogP contribution < -0.4 is 10.1 Å². The molecule has 0 aromatic heterocycles. The number of halogens is 1. The van der Waals surface area contributed by atoms with E-state index in [-0.39, 0.29) is 31.1 Å². The normalized spacial score (nSPS) is 11.4. The van der Waals surface area contributed by atoms with Gasteiger partial charge in [-0.3, -0.25) is 4.79 Å². The zero-order valence-corrected chi connectivity index (χ0v) is 15.4. The highest BCUT2D eigenvalue weighted by atomic mass is 32.2. The van der Waals surface area contributed by atoms with Crippen molar-refractivity contribution in [3.63, 3.8) is 0 Å². The molecule has 0 bridgehead atoms. The Hall–Kier alpha value is -2.45. The van der Waals surface area contributed by atoms with Gasteiger partial charge in [0.2, 0.25) is 10.0 Å². The number of benzene rings is 2. The van der Waals surface area contributed by atoms with Crippen molar-refractivity contribution in [2.75, 3.05) is 26.5 Å². The Morgan fingerprint density at radius 1 is 1.15 bits per heavy atom. The molecule has 140 valence electrons. The van der Waals surface area contributed by atoms with Crippen LogP contribution in [0, 0.1) is 5.82 Å². The van der Waals surface area contributed by atoms with E-state index in [4.69, 9.17) is 4.74 Å². The van der Waals surface area contributed by atoms with Gasteiger partial charge in [-0.2, -0.15) is 4.31 Å². The van der Waals surface area contributed by atoms with E-state index in [0.29, 0.717) is 11.3 Å². The van der Waals surface area contributed by atoms with Crippen LogP contribution in [0.1, 0.15) is 15.9 Å². The molecule has 6 nitrogen and oxygen atoms in total. The Morgan fingerprint density at radius 3 is 2.46 bits per heavy atom. The lowest BCUT2D eigenvalue weighted by Gasteiger charge is -2.20. The Kier molecular flexibility index (Phi) is 6.70. The van der Waals surface area contributed by atoms with Crippen molar-refractivity contribution in [1.29, 1.82) is 0 Å². The maximum atomic E-state index is 13.8. The summed E-state index contributed by atoms with van der Waals surface area (Å²) in [4.78, 5) is 12.2. The molecule has 1 N–H and O–H groups in total. The first-order chi connectivity index (χ1) is 12.3. The maximum Gasteiger partial charge on any atom is 0.255 e. The highest BCUT2D eigenvalue weighted by molar-refractivity contribution is 7.88. The van der Waals surface area contributed by atoms with E-state index >= 15 is 0 Å². The second-order valence-electron chi connectivity index (χ2n) is 5.64. The number of carbonyl (C=O) groups excluding carboxylic acids is 1. The Balaban J connectivity index is 2.02. The van der Waals surface area contributed by atoms with Gasteiger partial charge in [-0.05, 0) is 18.2 Å². The molecule has 0 unspecified atom stereocenters. The largest absolute Gasteiger partial charge is 0.496 e. The number of rotatable bonds is 8. The average molecular weight is 380 g/mol. The monoisotopic (exact) mass is 380 g/mol. The van der Waals surface area contributed by atoms with Crippen molar-refractivity contribution in [3.8, 4) is 5.75 Å². The van der Waals surface area contributed by atoms with Gasteiger partial charge in [0.25, 0.3) is 5.91 Å². The van der Waals surface area contributed by atoms with Crippen LogP contribution in [0.2, 0.25) is 0 Å². The predicted molar refractivity (Wildman–Crippen MR) is 97.0 cm³/mol. The number of methoxy groups -OCH3 is 1. The molecule has 2 aromatic carbocycles. The first-order valence-electron chi connectivity index (χ1n) is 7.92. The van der Waals surface area contributed by atoms with Crippen LogP contribution in [0.4, 0.5) is 4.39 Å². The number of para-hydroxylation sites is 1. The van der Waals surface area contributed by atoms with Gasteiger partial charge in [0.05, 0.1) is 18.9 Å². The Morgan fingerprint density at radius 2 is 1.81 bits per heavy atom. The number of amides is 1. The minimum absolute atomic E-state index is 0.0219. The van der Waals surface area contributed by atoms with E-state index in [1.54, 1.807) is 30.3 Å². The number of sulfonamides is 1. The summed E-state index contributed by atoms with van der Waals surface area (Å²) in [6.45, 7) is 0.00248. The number of hydrogen-bond donors (Lipinski definition) is 1. The second-order valence-corrected chi connectivity index (χ2v) is 7.63. The summed E-state index contributed by atoms with van der Waals surface area (Å²) >= 11 is 0. The van der Waals surface area contributed by atoms with Gasteiger partial charge in [-0.15, -0.1) is 0 Å². The van der Waals surface area contributed by atoms with Gasteiger partial charge in [0.1, 0.15) is 11.6 Å². The molecule has 2 rings (SSSR count). The molecular formula is C18H21FN2O4S. The summed E-state index contributed by atoms with van der Waals surface area (Å²) in [7, 11) is -2.10. The van der Waals surface area contributed by atoms with Crippen LogP contribution in [-0.4, -0.2) is 45.1 Å². The molecule has 0 saturated heterocycles. The number of nitrogens with zero attached hydrogens (tertiary/aromatic N) is 1. The third-order valence-electron chi connectivity index (χ3n) is 3.77. The number of hydrogen-bond acceptors (Lipinski definition) is 4. The van der Waals surface area contributed by atoms with Crippen LogP contribution in [0.25, 0.3) is 0 Å². The van der Waals surface area contributed by atoms with Crippen LogP contribution in [0.3, 0.4) is 0 Å². The molecular weight excluding hydrogens is 359 g/mol. The minimum Gasteiger partial charge on any atom is -0.496 e. The number of nitrogens with one attached hydrogen (secondary N) is 1. The SMILES string of the molecule is COc1ccccc1C(=O)NCCN(Cc1ccccc1F)S(C)(=O)=O. The summed E-state index contributed by atoms with van der Waals surface area (Å²) in [6.07, 6.45) is 1.05. The van der Waals surface area contributed by atoms with Gasteiger partial charge >= 0.3 is 0 Å². The fourth-order valence-electron chi connectivity index (χ4n) is 2.40. The summed E-state index contributed by atoms with van der Waals surface area (Å²) in [5, 5.41) is 2.66. The van der Waals surface area contributed by atoms with E-state index in [0.717, 1.165) is 10.6 Å². The molecule has 1 amide bonds. The van der Waals surface area contributed by atoms with Gasteiger partial charge in [-0.25, -0.2) is 12.8 Å². The fraction of sp³-hybridized carbons (Fsp3) is 0.278. The highest BCUT2D eigenvalue weighted by Crippen LogP contribution is 2.17. The summed E-state index contributed by atoms with van der Waals surface area (Å²) in [6, 6.07) is 12.7. The second kappa shape index (κ2) is 8.77. The van der Waals surface area contributed by atoms with Crippen LogP contribution in [-0.2, 0) is 16.6 Å². The lowest BCUT2D eigenvalue weighted by molar-refractivity contribution is 0.0948. The molecule has 0 radical (unpaired) electrons. The van der Waals surface area contributed by atoms with Gasteiger partial charge in [-0.1, -0.05) is 30.3 Å². The van der Waals surface area contributed by atoms with Crippen molar-refractivity contribution in [2.24, 2.45) is 0 Å². The first-order valence-corrected chi connectivity index (χ1v) is 9.77.